The molecule has 8 heteroatoms. The van der Waals surface area contributed by atoms with E-state index in [1.54, 1.807) is 6.92 Å². The van der Waals surface area contributed by atoms with Crippen molar-refractivity contribution in [3.05, 3.63) is 12.2 Å². The number of urea groups is 1. The molecular weight excluding hydrogens is 262 g/mol. The fourth-order valence-corrected chi connectivity index (χ4v) is 2.49. The summed E-state index contributed by atoms with van der Waals surface area (Å²) in [6.07, 6.45) is 4.91. The van der Waals surface area contributed by atoms with Crippen molar-refractivity contribution in [2.45, 2.75) is 50.6 Å². The highest BCUT2D eigenvalue weighted by Gasteiger charge is 2.41. The number of carboxylic acid groups (broad SMARTS) is 1. The molecule has 110 valence electrons. The number of carbonyl (C=O) groups is 2. The molecule has 1 unspecified atom stereocenters. The third-order valence-corrected chi connectivity index (χ3v) is 3.66. The summed E-state index contributed by atoms with van der Waals surface area (Å²) < 4.78 is 0. The van der Waals surface area contributed by atoms with Crippen molar-refractivity contribution in [3.63, 3.8) is 0 Å². The number of aromatic amines is 1. The molecule has 2 amide bonds. The largest absolute Gasteiger partial charge is 0.480 e. The first-order valence-corrected chi connectivity index (χ1v) is 6.71. The number of carboxylic acids is 1. The standard InChI is InChI=1S/C12H19N5O3/c1-8(9-13-7-14-17-9)15-11(20)16-12(10(18)19)5-3-2-4-6-12/h7-8H,2-6H2,1H3,(H,18,19)(H,13,14,17)(H2,15,16,20). The molecule has 2 rings (SSSR count). The second-order valence-corrected chi connectivity index (χ2v) is 5.14. The highest BCUT2D eigenvalue weighted by molar-refractivity contribution is 5.86. The first-order chi connectivity index (χ1) is 9.53. The molecule has 0 bridgehead atoms. The van der Waals surface area contributed by atoms with Gasteiger partial charge in [-0.2, -0.15) is 5.10 Å². The van der Waals surface area contributed by atoms with E-state index in [9.17, 15) is 14.7 Å². The monoisotopic (exact) mass is 281 g/mol. The number of aliphatic carboxylic acids is 1. The lowest BCUT2D eigenvalue weighted by Crippen LogP contribution is -2.58. The predicted octanol–water partition coefficient (Wildman–Crippen LogP) is 0.952. The maximum absolute atomic E-state index is 12.0. The van der Waals surface area contributed by atoms with Crippen LogP contribution in [0.5, 0.6) is 0 Å². The van der Waals surface area contributed by atoms with Gasteiger partial charge in [-0.15, -0.1) is 0 Å². The minimum Gasteiger partial charge on any atom is -0.480 e. The number of nitrogens with one attached hydrogen (secondary N) is 3. The summed E-state index contributed by atoms with van der Waals surface area (Å²) in [5.74, 6) is -0.451. The lowest BCUT2D eigenvalue weighted by molar-refractivity contribution is -0.145. The van der Waals surface area contributed by atoms with Crippen LogP contribution in [0.3, 0.4) is 0 Å². The highest BCUT2D eigenvalue weighted by atomic mass is 16.4. The Morgan fingerprint density at radius 3 is 2.65 bits per heavy atom. The Morgan fingerprint density at radius 2 is 2.10 bits per heavy atom. The molecule has 0 aromatic carbocycles. The topological polar surface area (TPSA) is 120 Å². The lowest BCUT2D eigenvalue weighted by Gasteiger charge is -2.34. The van der Waals surface area contributed by atoms with Crippen molar-refractivity contribution in [3.8, 4) is 0 Å². The summed E-state index contributed by atoms with van der Waals surface area (Å²) in [6, 6.07) is -0.870. The molecular formula is C12H19N5O3. The fraction of sp³-hybridized carbons (Fsp3) is 0.667. The second-order valence-electron chi connectivity index (χ2n) is 5.14. The average Bonchev–Trinajstić information content (AvgIpc) is 2.93. The quantitative estimate of drug-likeness (QED) is 0.655. The van der Waals surface area contributed by atoms with Gasteiger partial charge in [0.2, 0.25) is 0 Å². The summed E-state index contributed by atoms with van der Waals surface area (Å²) in [5, 5.41) is 21.0. The van der Waals surface area contributed by atoms with E-state index in [2.05, 4.69) is 25.8 Å². The molecule has 0 radical (unpaired) electrons. The molecule has 4 N–H and O–H groups in total. The zero-order chi connectivity index (χ0) is 14.6. The van der Waals surface area contributed by atoms with Crippen LogP contribution < -0.4 is 10.6 Å². The Hall–Kier alpha value is -2.12. The molecule has 8 nitrogen and oxygen atoms in total. The first kappa shape index (κ1) is 14.3. The van der Waals surface area contributed by atoms with Gasteiger partial charge in [0, 0.05) is 0 Å². The van der Waals surface area contributed by atoms with E-state index < -0.39 is 17.5 Å². The molecule has 1 heterocycles. The zero-order valence-corrected chi connectivity index (χ0v) is 11.3. The van der Waals surface area contributed by atoms with Gasteiger partial charge in [-0.1, -0.05) is 19.3 Å². The maximum Gasteiger partial charge on any atom is 0.329 e. The molecule has 1 aliphatic rings. The number of hydrogen-bond donors (Lipinski definition) is 4. The fourth-order valence-electron chi connectivity index (χ4n) is 2.49. The smallest absolute Gasteiger partial charge is 0.329 e. The Morgan fingerprint density at radius 1 is 1.40 bits per heavy atom. The molecule has 1 aromatic heterocycles. The van der Waals surface area contributed by atoms with Gasteiger partial charge < -0.3 is 15.7 Å². The van der Waals surface area contributed by atoms with Crippen LogP contribution in [-0.2, 0) is 4.79 Å². The maximum atomic E-state index is 12.0. The third-order valence-electron chi connectivity index (χ3n) is 3.66. The van der Waals surface area contributed by atoms with Crippen LogP contribution in [0.15, 0.2) is 6.33 Å². The van der Waals surface area contributed by atoms with Gasteiger partial charge in [0.25, 0.3) is 0 Å². The number of nitrogens with zero attached hydrogens (tertiary/aromatic N) is 2. The Bertz CT molecular complexity index is 467. The number of rotatable bonds is 4. The van der Waals surface area contributed by atoms with E-state index in [-0.39, 0.29) is 6.04 Å². The molecule has 1 fully saturated rings. The van der Waals surface area contributed by atoms with E-state index in [1.807, 2.05) is 0 Å². The summed E-state index contributed by atoms with van der Waals surface area (Å²) in [6.45, 7) is 1.74. The van der Waals surface area contributed by atoms with Crippen molar-refractivity contribution in [1.29, 1.82) is 0 Å². The molecule has 1 aliphatic carbocycles. The van der Waals surface area contributed by atoms with Gasteiger partial charge in [0.05, 0.1) is 6.04 Å². The minimum absolute atomic E-state index is 0.369. The summed E-state index contributed by atoms with van der Waals surface area (Å²) >= 11 is 0. The molecule has 1 saturated carbocycles. The van der Waals surface area contributed by atoms with Gasteiger partial charge in [-0.25, -0.2) is 14.6 Å². The number of amides is 2. The summed E-state index contributed by atoms with van der Waals surface area (Å²) in [4.78, 5) is 27.4. The van der Waals surface area contributed by atoms with Crippen LogP contribution in [-0.4, -0.2) is 37.8 Å². The van der Waals surface area contributed by atoms with Gasteiger partial charge in [0.15, 0.2) is 0 Å². The van der Waals surface area contributed by atoms with Crippen LogP contribution in [0.25, 0.3) is 0 Å². The molecule has 1 aromatic rings. The molecule has 0 aliphatic heterocycles. The Balaban J connectivity index is 1.97. The van der Waals surface area contributed by atoms with Gasteiger partial charge in [-0.05, 0) is 19.8 Å². The van der Waals surface area contributed by atoms with Gasteiger partial charge in [-0.3, -0.25) is 5.10 Å². The van der Waals surface area contributed by atoms with E-state index >= 15 is 0 Å². The van der Waals surface area contributed by atoms with Crippen molar-refractivity contribution in [2.24, 2.45) is 0 Å². The van der Waals surface area contributed by atoms with E-state index in [0.717, 1.165) is 19.3 Å². The van der Waals surface area contributed by atoms with Crippen LogP contribution in [0.4, 0.5) is 4.79 Å². The number of H-pyrrole nitrogens is 1. The van der Waals surface area contributed by atoms with Gasteiger partial charge in [0.1, 0.15) is 17.7 Å². The molecule has 0 saturated heterocycles. The number of hydrogen-bond acceptors (Lipinski definition) is 4. The summed E-state index contributed by atoms with van der Waals surface area (Å²) in [5.41, 5.74) is -1.15. The summed E-state index contributed by atoms with van der Waals surface area (Å²) in [7, 11) is 0. The first-order valence-electron chi connectivity index (χ1n) is 6.71. The van der Waals surface area contributed by atoms with Crippen molar-refractivity contribution >= 4 is 12.0 Å². The predicted molar refractivity (Wildman–Crippen MR) is 69.9 cm³/mol. The Labute approximate surface area is 116 Å². The van der Waals surface area contributed by atoms with Crippen LogP contribution in [0, 0.1) is 0 Å². The van der Waals surface area contributed by atoms with Gasteiger partial charge >= 0.3 is 12.0 Å². The van der Waals surface area contributed by atoms with E-state index in [4.69, 9.17) is 0 Å². The second kappa shape index (κ2) is 5.89. The van der Waals surface area contributed by atoms with Crippen LogP contribution in [0.2, 0.25) is 0 Å². The van der Waals surface area contributed by atoms with E-state index in [1.165, 1.54) is 6.33 Å². The molecule has 20 heavy (non-hydrogen) atoms. The highest BCUT2D eigenvalue weighted by Crippen LogP contribution is 2.28. The Kier molecular flexibility index (Phi) is 4.21. The van der Waals surface area contributed by atoms with Crippen molar-refractivity contribution in [2.75, 3.05) is 0 Å². The molecule has 1 atom stereocenters. The normalized spacial score (nSPS) is 19.1. The van der Waals surface area contributed by atoms with Crippen molar-refractivity contribution < 1.29 is 14.7 Å². The number of aromatic nitrogens is 3. The van der Waals surface area contributed by atoms with Crippen LogP contribution in [0.1, 0.15) is 50.9 Å². The lowest BCUT2D eigenvalue weighted by atomic mass is 9.82. The SMILES string of the molecule is CC(NC(=O)NC1(C(=O)O)CCCCC1)c1ncn[nH]1. The van der Waals surface area contributed by atoms with E-state index in [0.29, 0.717) is 18.7 Å². The third kappa shape index (κ3) is 3.06. The molecule has 0 spiro atoms. The zero-order valence-electron chi connectivity index (χ0n) is 11.3. The average molecular weight is 281 g/mol. The number of carbonyl (C=O) groups excluding carboxylic acids is 1. The van der Waals surface area contributed by atoms with Crippen molar-refractivity contribution in [1.82, 2.24) is 25.8 Å². The minimum atomic E-state index is -1.15. The van der Waals surface area contributed by atoms with Crippen LogP contribution >= 0.6 is 0 Å².